The molecule has 0 radical (unpaired) electrons. The van der Waals surface area contributed by atoms with Gasteiger partial charge in [-0.15, -0.1) is 0 Å². The molecule has 0 spiro atoms. The SMILES string of the molecule is C[C@H](C(=O)Nc1ccc([N+](=O)[O-])cc1Cl)N1CCN(C(=O)C2CC2)CC1. The lowest BCUT2D eigenvalue weighted by Crippen LogP contribution is -2.54. The standard InChI is InChI=1S/C17H21ClN4O4/c1-11(20-6-8-21(9-7-20)17(24)12-2-3-12)16(23)19-15-5-4-13(22(25)26)10-14(15)18/h4-5,10-12H,2-3,6-9H2,1H3,(H,19,23)/t11-/m1/s1. The molecule has 1 saturated carbocycles. The first kappa shape index (κ1) is 18.6. The maximum atomic E-state index is 12.5. The Balaban J connectivity index is 1.55. The van der Waals surface area contributed by atoms with E-state index in [4.69, 9.17) is 11.6 Å². The number of halogens is 1. The average Bonchev–Trinajstić information content (AvgIpc) is 3.47. The zero-order valence-electron chi connectivity index (χ0n) is 14.5. The number of non-ortho nitro benzene ring substituents is 1. The second-order valence-electron chi connectivity index (χ2n) is 6.72. The van der Waals surface area contributed by atoms with E-state index in [0.29, 0.717) is 31.9 Å². The fourth-order valence-corrected chi connectivity index (χ4v) is 3.26. The van der Waals surface area contributed by atoms with Crippen molar-refractivity contribution in [2.24, 2.45) is 5.92 Å². The van der Waals surface area contributed by atoms with Crippen molar-refractivity contribution in [1.82, 2.24) is 9.80 Å². The lowest BCUT2D eigenvalue weighted by Gasteiger charge is -2.37. The predicted octanol–water partition coefficient (Wildman–Crippen LogP) is 2.13. The Kier molecular flexibility index (Phi) is 5.43. The zero-order chi connectivity index (χ0) is 18.8. The van der Waals surface area contributed by atoms with Gasteiger partial charge in [0.1, 0.15) is 0 Å². The molecule has 3 rings (SSSR count). The normalized spacial score (nSPS) is 19.1. The molecule has 140 valence electrons. The van der Waals surface area contributed by atoms with Crippen molar-refractivity contribution < 1.29 is 14.5 Å². The van der Waals surface area contributed by atoms with Crippen LogP contribution in [0.5, 0.6) is 0 Å². The van der Waals surface area contributed by atoms with Crippen LogP contribution >= 0.6 is 11.6 Å². The van der Waals surface area contributed by atoms with E-state index >= 15 is 0 Å². The third-order valence-electron chi connectivity index (χ3n) is 4.90. The lowest BCUT2D eigenvalue weighted by molar-refractivity contribution is -0.384. The summed E-state index contributed by atoms with van der Waals surface area (Å²) in [6.07, 6.45) is 1.99. The summed E-state index contributed by atoms with van der Waals surface area (Å²) < 4.78 is 0. The van der Waals surface area contributed by atoms with Crippen LogP contribution in [0.3, 0.4) is 0 Å². The van der Waals surface area contributed by atoms with Crippen LogP contribution in [-0.4, -0.2) is 58.8 Å². The average molecular weight is 381 g/mol. The molecule has 1 aliphatic carbocycles. The number of benzene rings is 1. The van der Waals surface area contributed by atoms with Gasteiger partial charge in [0, 0.05) is 44.2 Å². The van der Waals surface area contributed by atoms with E-state index in [9.17, 15) is 19.7 Å². The molecular formula is C17H21ClN4O4. The van der Waals surface area contributed by atoms with Crippen LogP contribution in [0, 0.1) is 16.0 Å². The maximum absolute atomic E-state index is 12.5. The summed E-state index contributed by atoms with van der Waals surface area (Å²) in [6, 6.07) is 3.55. The monoisotopic (exact) mass is 380 g/mol. The van der Waals surface area contributed by atoms with E-state index in [1.54, 1.807) is 6.92 Å². The van der Waals surface area contributed by atoms with Gasteiger partial charge in [-0.25, -0.2) is 0 Å². The highest BCUT2D eigenvalue weighted by Gasteiger charge is 2.35. The number of nitrogens with one attached hydrogen (secondary N) is 1. The number of carbonyl (C=O) groups excluding carboxylic acids is 2. The Hall–Kier alpha value is -2.19. The first-order valence-electron chi connectivity index (χ1n) is 8.64. The molecule has 1 aliphatic heterocycles. The van der Waals surface area contributed by atoms with Crippen molar-refractivity contribution in [3.8, 4) is 0 Å². The third-order valence-corrected chi connectivity index (χ3v) is 5.21. The number of anilines is 1. The van der Waals surface area contributed by atoms with Crippen LogP contribution in [0.1, 0.15) is 19.8 Å². The van der Waals surface area contributed by atoms with Gasteiger partial charge in [-0.1, -0.05) is 11.6 Å². The second-order valence-corrected chi connectivity index (χ2v) is 7.13. The van der Waals surface area contributed by atoms with Crippen molar-refractivity contribution in [3.05, 3.63) is 33.3 Å². The van der Waals surface area contributed by atoms with Gasteiger partial charge in [0.15, 0.2) is 0 Å². The Labute approximate surface area is 156 Å². The van der Waals surface area contributed by atoms with Crippen LogP contribution in [-0.2, 0) is 9.59 Å². The van der Waals surface area contributed by atoms with Gasteiger partial charge in [0.2, 0.25) is 11.8 Å². The summed E-state index contributed by atoms with van der Waals surface area (Å²) in [6.45, 7) is 4.34. The van der Waals surface area contributed by atoms with Gasteiger partial charge < -0.3 is 10.2 Å². The molecule has 1 saturated heterocycles. The molecule has 1 aromatic carbocycles. The fraction of sp³-hybridized carbons (Fsp3) is 0.529. The van der Waals surface area contributed by atoms with Crippen LogP contribution < -0.4 is 5.32 Å². The molecule has 2 aliphatic rings. The van der Waals surface area contributed by atoms with Crippen molar-refractivity contribution in [2.45, 2.75) is 25.8 Å². The molecule has 1 N–H and O–H groups in total. The summed E-state index contributed by atoms with van der Waals surface area (Å²) in [5, 5.41) is 13.6. The summed E-state index contributed by atoms with van der Waals surface area (Å²) >= 11 is 6.02. The molecular weight excluding hydrogens is 360 g/mol. The summed E-state index contributed by atoms with van der Waals surface area (Å²) in [5.74, 6) is 0.216. The molecule has 26 heavy (non-hydrogen) atoms. The molecule has 9 heteroatoms. The number of hydrogen-bond donors (Lipinski definition) is 1. The van der Waals surface area contributed by atoms with E-state index < -0.39 is 4.92 Å². The summed E-state index contributed by atoms with van der Waals surface area (Å²) in [7, 11) is 0. The minimum atomic E-state index is -0.539. The summed E-state index contributed by atoms with van der Waals surface area (Å²) in [4.78, 5) is 38.7. The van der Waals surface area contributed by atoms with Gasteiger partial charge in [-0.05, 0) is 25.8 Å². The van der Waals surface area contributed by atoms with Crippen molar-refractivity contribution in [2.75, 3.05) is 31.5 Å². The molecule has 1 heterocycles. The van der Waals surface area contributed by atoms with Crippen molar-refractivity contribution in [1.29, 1.82) is 0 Å². The van der Waals surface area contributed by atoms with Gasteiger partial charge in [-0.3, -0.25) is 24.6 Å². The van der Waals surface area contributed by atoms with E-state index in [1.807, 2.05) is 9.80 Å². The molecule has 0 aromatic heterocycles. The number of rotatable bonds is 5. The molecule has 2 fully saturated rings. The molecule has 1 aromatic rings. The van der Waals surface area contributed by atoms with Crippen molar-refractivity contribution in [3.63, 3.8) is 0 Å². The van der Waals surface area contributed by atoms with Gasteiger partial charge in [0.25, 0.3) is 5.69 Å². The number of amides is 2. The Morgan fingerprint density at radius 3 is 2.46 bits per heavy atom. The lowest BCUT2D eigenvalue weighted by atomic mass is 10.2. The minimum Gasteiger partial charge on any atom is -0.340 e. The quantitative estimate of drug-likeness (QED) is 0.623. The van der Waals surface area contributed by atoms with E-state index in [1.165, 1.54) is 18.2 Å². The number of nitro groups is 1. The Bertz CT molecular complexity index is 729. The summed E-state index contributed by atoms with van der Waals surface area (Å²) in [5.41, 5.74) is 0.217. The van der Waals surface area contributed by atoms with Crippen LogP contribution in [0.2, 0.25) is 5.02 Å². The highest BCUT2D eigenvalue weighted by molar-refractivity contribution is 6.34. The highest BCUT2D eigenvalue weighted by Crippen LogP contribution is 2.31. The van der Waals surface area contributed by atoms with E-state index in [2.05, 4.69) is 5.32 Å². The van der Waals surface area contributed by atoms with E-state index in [-0.39, 0.29) is 34.5 Å². The number of nitrogens with zero attached hydrogens (tertiary/aromatic N) is 3. The van der Waals surface area contributed by atoms with Crippen LogP contribution in [0.15, 0.2) is 18.2 Å². The minimum absolute atomic E-state index is 0.125. The Morgan fingerprint density at radius 1 is 1.27 bits per heavy atom. The largest absolute Gasteiger partial charge is 0.340 e. The van der Waals surface area contributed by atoms with Gasteiger partial charge in [-0.2, -0.15) is 0 Å². The highest BCUT2D eigenvalue weighted by atomic mass is 35.5. The number of hydrogen-bond acceptors (Lipinski definition) is 5. The predicted molar refractivity (Wildman–Crippen MR) is 97.1 cm³/mol. The number of carbonyl (C=O) groups is 2. The molecule has 2 amide bonds. The van der Waals surface area contributed by atoms with Gasteiger partial charge in [0.05, 0.1) is 21.7 Å². The van der Waals surface area contributed by atoms with Crippen LogP contribution in [0.25, 0.3) is 0 Å². The fourth-order valence-electron chi connectivity index (χ4n) is 3.04. The van der Waals surface area contributed by atoms with Crippen molar-refractivity contribution >= 4 is 34.8 Å². The Morgan fingerprint density at radius 2 is 1.92 bits per heavy atom. The number of nitro benzene ring substituents is 1. The first-order chi connectivity index (χ1) is 12.4. The number of piperazine rings is 1. The maximum Gasteiger partial charge on any atom is 0.271 e. The second kappa shape index (κ2) is 7.59. The molecule has 1 atom stereocenters. The van der Waals surface area contributed by atoms with Gasteiger partial charge >= 0.3 is 0 Å². The third kappa shape index (κ3) is 4.13. The zero-order valence-corrected chi connectivity index (χ0v) is 15.2. The first-order valence-corrected chi connectivity index (χ1v) is 9.02. The molecule has 0 bridgehead atoms. The van der Waals surface area contributed by atoms with E-state index in [0.717, 1.165) is 12.8 Å². The molecule has 8 nitrogen and oxygen atoms in total. The van der Waals surface area contributed by atoms with Crippen LogP contribution in [0.4, 0.5) is 11.4 Å². The smallest absolute Gasteiger partial charge is 0.271 e. The topological polar surface area (TPSA) is 95.8 Å². The molecule has 0 unspecified atom stereocenters.